The second-order valence-electron chi connectivity index (χ2n) is 8.24. The van der Waals surface area contributed by atoms with Crippen molar-refractivity contribution < 1.29 is 9.47 Å². The summed E-state index contributed by atoms with van der Waals surface area (Å²) in [6.45, 7) is 8.12. The fourth-order valence-electron chi connectivity index (χ4n) is 4.25. The van der Waals surface area contributed by atoms with E-state index >= 15 is 0 Å². The molecule has 1 aliphatic heterocycles. The first kappa shape index (κ1) is 22.7. The molecule has 0 unspecified atom stereocenters. The van der Waals surface area contributed by atoms with E-state index in [1.807, 2.05) is 19.3 Å². The zero-order valence-electron chi connectivity index (χ0n) is 20.0. The van der Waals surface area contributed by atoms with Gasteiger partial charge < -0.3 is 24.3 Å². The number of hydrogen-bond donors (Lipinski definition) is 1. The summed E-state index contributed by atoms with van der Waals surface area (Å²) in [6.07, 6.45) is 4.80. The summed E-state index contributed by atoms with van der Waals surface area (Å²) in [5.41, 5.74) is 5.01. The molecule has 0 bridgehead atoms. The van der Waals surface area contributed by atoms with Crippen molar-refractivity contribution in [2.24, 2.45) is 4.99 Å². The minimum absolute atomic E-state index is 0.633. The van der Waals surface area contributed by atoms with E-state index in [4.69, 9.17) is 14.5 Å². The molecule has 1 aliphatic rings. The first-order valence-corrected chi connectivity index (χ1v) is 11.4. The number of rotatable bonds is 7. The Bertz CT molecular complexity index is 1120. The molecular formula is C26H33N5O2. The van der Waals surface area contributed by atoms with E-state index in [0.29, 0.717) is 6.54 Å². The number of guanidine groups is 1. The van der Waals surface area contributed by atoms with E-state index in [1.54, 1.807) is 14.2 Å². The van der Waals surface area contributed by atoms with Gasteiger partial charge in [-0.2, -0.15) is 0 Å². The van der Waals surface area contributed by atoms with Crippen molar-refractivity contribution in [2.75, 3.05) is 27.3 Å². The molecule has 0 saturated carbocycles. The molecule has 2 aromatic carbocycles. The smallest absolute Gasteiger partial charge is 0.194 e. The van der Waals surface area contributed by atoms with Crippen LogP contribution in [0.15, 0.2) is 53.8 Å². The molecule has 7 nitrogen and oxygen atoms in total. The number of hydrogen-bond acceptors (Lipinski definition) is 4. The zero-order valence-corrected chi connectivity index (χ0v) is 20.0. The third kappa shape index (κ3) is 5.30. The van der Waals surface area contributed by atoms with Crippen LogP contribution in [0.4, 0.5) is 0 Å². The number of nitrogens with zero attached hydrogens (tertiary/aromatic N) is 4. The molecule has 0 spiro atoms. The van der Waals surface area contributed by atoms with E-state index in [0.717, 1.165) is 55.9 Å². The molecule has 1 N–H and O–H groups in total. The van der Waals surface area contributed by atoms with E-state index in [9.17, 15) is 0 Å². The molecule has 0 aliphatic carbocycles. The SMILES string of the molecule is CCNC(=NCc1cccc(Cn2ccnc2C)c1)N1CCc2cc(OC)c(OC)cc2C1. The Balaban J connectivity index is 1.49. The average molecular weight is 448 g/mol. The summed E-state index contributed by atoms with van der Waals surface area (Å²) in [7, 11) is 3.36. The number of methoxy groups -OCH3 is 2. The minimum atomic E-state index is 0.633. The van der Waals surface area contributed by atoms with E-state index in [2.05, 4.69) is 63.1 Å². The van der Waals surface area contributed by atoms with Gasteiger partial charge in [-0.3, -0.25) is 0 Å². The highest BCUT2D eigenvalue weighted by Gasteiger charge is 2.21. The largest absolute Gasteiger partial charge is 0.493 e. The van der Waals surface area contributed by atoms with Crippen molar-refractivity contribution >= 4 is 5.96 Å². The van der Waals surface area contributed by atoms with Crippen LogP contribution in [-0.2, 0) is 26.1 Å². The van der Waals surface area contributed by atoms with Crippen LogP contribution < -0.4 is 14.8 Å². The van der Waals surface area contributed by atoms with Crippen LogP contribution in [0.1, 0.15) is 35.0 Å². The molecule has 3 aromatic rings. The van der Waals surface area contributed by atoms with Crippen molar-refractivity contribution in [2.45, 2.75) is 39.9 Å². The summed E-state index contributed by atoms with van der Waals surface area (Å²) in [5, 5.41) is 3.47. The minimum Gasteiger partial charge on any atom is -0.493 e. The maximum atomic E-state index is 5.51. The van der Waals surface area contributed by atoms with Crippen molar-refractivity contribution in [3.05, 3.63) is 76.9 Å². The summed E-state index contributed by atoms with van der Waals surface area (Å²) in [6, 6.07) is 12.8. The van der Waals surface area contributed by atoms with Crippen LogP contribution in [0.25, 0.3) is 0 Å². The van der Waals surface area contributed by atoms with Gasteiger partial charge in [0.25, 0.3) is 0 Å². The van der Waals surface area contributed by atoms with Crippen LogP contribution in [0.5, 0.6) is 11.5 Å². The van der Waals surface area contributed by atoms with Crippen molar-refractivity contribution in [1.82, 2.24) is 19.8 Å². The number of ether oxygens (including phenoxy) is 2. The highest BCUT2D eigenvalue weighted by molar-refractivity contribution is 5.80. The lowest BCUT2D eigenvalue weighted by atomic mass is 9.99. The Labute approximate surface area is 196 Å². The Morgan fingerprint density at radius 3 is 2.55 bits per heavy atom. The highest BCUT2D eigenvalue weighted by Crippen LogP contribution is 2.33. The maximum absolute atomic E-state index is 5.51. The first-order valence-electron chi connectivity index (χ1n) is 11.4. The standard InChI is InChI=1S/C26H33N5O2/c1-5-27-26(31-11-9-22-14-24(32-3)25(33-4)15-23(22)18-31)29-16-20-7-6-8-21(13-20)17-30-12-10-28-19(30)2/h6-8,10,12-15H,5,9,11,16-18H2,1-4H3,(H,27,29). The molecule has 0 fully saturated rings. The molecule has 0 radical (unpaired) electrons. The van der Waals surface area contributed by atoms with Crippen molar-refractivity contribution in [3.8, 4) is 11.5 Å². The molecule has 0 amide bonds. The summed E-state index contributed by atoms with van der Waals surface area (Å²) in [4.78, 5) is 11.6. The van der Waals surface area contributed by atoms with E-state index < -0.39 is 0 Å². The van der Waals surface area contributed by atoms with Gasteiger partial charge in [-0.05, 0) is 54.7 Å². The lowest BCUT2D eigenvalue weighted by molar-refractivity contribution is 0.346. The molecule has 4 rings (SSSR count). The molecule has 7 heteroatoms. The number of aryl methyl sites for hydroxylation is 1. The Morgan fingerprint density at radius 1 is 1.09 bits per heavy atom. The third-order valence-electron chi connectivity index (χ3n) is 6.03. The molecule has 2 heterocycles. The lowest BCUT2D eigenvalue weighted by Gasteiger charge is -2.32. The Hall–Kier alpha value is -3.48. The van der Waals surface area contributed by atoms with Gasteiger partial charge in [0.05, 0.1) is 20.8 Å². The van der Waals surface area contributed by atoms with Crippen LogP contribution in [0, 0.1) is 6.92 Å². The number of benzene rings is 2. The van der Waals surface area contributed by atoms with Gasteiger partial charge in [0.1, 0.15) is 5.82 Å². The molecule has 0 atom stereocenters. The number of imidazole rings is 1. The average Bonchev–Trinajstić information content (AvgIpc) is 3.24. The van der Waals surface area contributed by atoms with Gasteiger partial charge in [-0.1, -0.05) is 24.3 Å². The van der Waals surface area contributed by atoms with Crippen LogP contribution >= 0.6 is 0 Å². The molecular weight excluding hydrogens is 414 g/mol. The van der Waals surface area contributed by atoms with Gasteiger partial charge in [0, 0.05) is 38.6 Å². The Morgan fingerprint density at radius 2 is 1.85 bits per heavy atom. The predicted molar refractivity (Wildman–Crippen MR) is 131 cm³/mol. The second kappa shape index (κ2) is 10.4. The van der Waals surface area contributed by atoms with Gasteiger partial charge in [-0.25, -0.2) is 9.98 Å². The highest BCUT2D eigenvalue weighted by atomic mass is 16.5. The van der Waals surface area contributed by atoms with E-state index in [-0.39, 0.29) is 0 Å². The number of nitrogens with one attached hydrogen (secondary N) is 1. The van der Waals surface area contributed by atoms with Crippen LogP contribution in [0.2, 0.25) is 0 Å². The molecule has 1 aromatic heterocycles. The molecule has 0 saturated heterocycles. The lowest BCUT2D eigenvalue weighted by Crippen LogP contribution is -2.44. The fourth-order valence-corrected chi connectivity index (χ4v) is 4.25. The monoisotopic (exact) mass is 447 g/mol. The van der Waals surface area contributed by atoms with Gasteiger partial charge in [0.2, 0.25) is 0 Å². The first-order chi connectivity index (χ1) is 16.1. The molecule has 174 valence electrons. The number of fused-ring (bicyclic) bond motifs is 1. The Kier molecular flexibility index (Phi) is 7.17. The van der Waals surface area contributed by atoms with Gasteiger partial charge in [0.15, 0.2) is 17.5 Å². The maximum Gasteiger partial charge on any atom is 0.194 e. The normalized spacial score (nSPS) is 13.6. The predicted octanol–water partition coefficient (Wildman–Crippen LogP) is 3.78. The number of aliphatic imine (C=N–C) groups is 1. The van der Waals surface area contributed by atoms with Crippen LogP contribution in [-0.4, -0.2) is 47.7 Å². The summed E-state index contributed by atoms with van der Waals surface area (Å²) < 4.78 is 13.1. The third-order valence-corrected chi connectivity index (χ3v) is 6.03. The van der Waals surface area contributed by atoms with Gasteiger partial charge in [-0.15, -0.1) is 0 Å². The summed E-state index contributed by atoms with van der Waals surface area (Å²) in [5.74, 6) is 3.52. The zero-order chi connectivity index (χ0) is 23.2. The van der Waals surface area contributed by atoms with Crippen molar-refractivity contribution in [3.63, 3.8) is 0 Å². The van der Waals surface area contributed by atoms with Crippen molar-refractivity contribution in [1.29, 1.82) is 0 Å². The van der Waals surface area contributed by atoms with E-state index in [1.165, 1.54) is 22.3 Å². The second-order valence-corrected chi connectivity index (χ2v) is 8.24. The quantitative estimate of drug-likeness (QED) is 0.441. The number of aromatic nitrogens is 2. The van der Waals surface area contributed by atoms with Gasteiger partial charge >= 0.3 is 0 Å². The summed E-state index contributed by atoms with van der Waals surface area (Å²) >= 11 is 0. The fraction of sp³-hybridized carbons (Fsp3) is 0.385. The van der Waals surface area contributed by atoms with Crippen LogP contribution in [0.3, 0.4) is 0 Å². The molecule has 33 heavy (non-hydrogen) atoms. The topological polar surface area (TPSA) is 63.9 Å².